The zero-order chi connectivity index (χ0) is 10.1. The van der Waals surface area contributed by atoms with Gasteiger partial charge in [-0.3, -0.25) is 4.98 Å². The van der Waals surface area contributed by atoms with Crippen LogP contribution in [-0.4, -0.2) is 15.0 Å². The fourth-order valence-electron chi connectivity index (χ4n) is 1.39. The molecule has 0 saturated heterocycles. The molecule has 0 atom stereocenters. The van der Waals surface area contributed by atoms with Crippen LogP contribution in [0.5, 0.6) is 0 Å². The summed E-state index contributed by atoms with van der Waals surface area (Å²) in [6.07, 6.45) is 5.36. The van der Waals surface area contributed by atoms with Crippen LogP contribution in [0.2, 0.25) is 0 Å². The first-order valence-corrected chi connectivity index (χ1v) is 5.42. The Morgan fingerprint density at radius 3 is 3.00 bits per heavy atom. The maximum atomic E-state index is 4.47. The highest BCUT2D eigenvalue weighted by molar-refractivity contribution is 7.16. The number of pyridine rings is 1. The Bertz CT molecular complexity index is 589. The third kappa shape index (κ3) is 1.49. The van der Waals surface area contributed by atoms with E-state index >= 15 is 0 Å². The summed E-state index contributed by atoms with van der Waals surface area (Å²) in [5, 5.41) is 3.11. The number of aromatic nitrogens is 3. The highest BCUT2D eigenvalue weighted by Gasteiger charge is 2.02. The lowest BCUT2D eigenvalue weighted by molar-refractivity contribution is 1.21. The Kier molecular flexibility index (Phi) is 1.93. The number of fused-ring (bicyclic) bond motifs is 1. The van der Waals surface area contributed by atoms with Crippen molar-refractivity contribution in [3.8, 4) is 11.4 Å². The zero-order valence-electron chi connectivity index (χ0n) is 7.79. The summed E-state index contributed by atoms with van der Waals surface area (Å²) >= 11 is 1.62. The average Bonchev–Trinajstić information content (AvgIpc) is 2.77. The lowest BCUT2D eigenvalue weighted by atomic mass is 10.2. The van der Waals surface area contributed by atoms with Crippen molar-refractivity contribution in [2.75, 3.05) is 0 Å². The van der Waals surface area contributed by atoms with E-state index in [1.807, 2.05) is 29.8 Å². The Morgan fingerprint density at radius 1 is 1.13 bits per heavy atom. The second-order valence-electron chi connectivity index (χ2n) is 3.12. The molecule has 0 radical (unpaired) electrons. The monoisotopic (exact) mass is 213 g/mol. The van der Waals surface area contributed by atoms with E-state index in [2.05, 4.69) is 15.0 Å². The summed E-state index contributed by atoms with van der Waals surface area (Å²) in [5.74, 6) is 0.734. The second-order valence-corrected chi connectivity index (χ2v) is 4.01. The van der Waals surface area contributed by atoms with Crippen molar-refractivity contribution >= 4 is 21.6 Å². The summed E-state index contributed by atoms with van der Waals surface area (Å²) in [7, 11) is 0. The standard InChI is InChI=1S/C11H7N3S/c1-2-8(6-12-4-1)10-13-7-9-3-5-15-11(9)14-10/h1-7H. The first-order valence-electron chi connectivity index (χ1n) is 4.54. The topological polar surface area (TPSA) is 38.7 Å². The largest absolute Gasteiger partial charge is 0.264 e. The number of thiophene rings is 1. The molecule has 0 spiro atoms. The van der Waals surface area contributed by atoms with E-state index in [1.165, 1.54) is 0 Å². The lowest BCUT2D eigenvalue weighted by Crippen LogP contribution is -1.87. The lowest BCUT2D eigenvalue weighted by Gasteiger charge is -1.97. The minimum absolute atomic E-state index is 0.734. The minimum atomic E-state index is 0.734. The van der Waals surface area contributed by atoms with Gasteiger partial charge in [-0.2, -0.15) is 0 Å². The van der Waals surface area contributed by atoms with Crippen molar-refractivity contribution in [1.82, 2.24) is 15.0 Å². The molecule has 0 fully saturated rings. The second kappa shape index (κ2) is 3.40. The Labute approximate surface area is 90.5 Å². The smallest absolute Gasteiger partial charge is 0.162 e. The highest BCUT2D eigenvalue weighted by Crippen LogP contribution is 2.21. The van der Waals surface area contributed by atoms with Crippen LogP contribution in [0.4, 0.5) is 0 Å². The molecule has 3 nitrogen and oxygen atoms in total. The van der Waals surface area contributed by atoms with E-state index in [1.54, 1.807) is 23.7 Å². The van der Waals surface area contributed by atoms with E-state index < -0.39 is 0 Å². The molecule has 0 unspecified atom stereocenters. The van der Waals surface area contributed by atoms with Gasteiger partial charge in [0.05, 0.1) is 0 Å². The van der Waals surface area contributed by atoms with Gasteiger partial charge >= 0.3 is 0 Å². The van der Waals surface area contributed by atoms with Crippen LogP contribution in [0, 0.1) is 0 Å². The van der Waals surface area contributed by atoms with Crippen molar-refractivity contribution in [1.29, 1.82) is 0 Å². The van der Waals surface area contributed by atoms with Gasteiger partial charge < -0.3 is 0 Å². The molecule has 0 N–H and O–H groups in total. The minimum Gasteiger partial charge on any atom is -0.264 e. The van der Waals surface area contributed by atoms with Crippen molar-refractivity contribution < 1.29 is 0 Å². The third-order valence-corrected chi connectivity index (χ3v) is 2.95. The van der Waals surface area contributed by atoms with E-state index in [0.717, 1.165) is 21.6 Å². The molecule has 72 valence electrons. The first kappa shape index (κ1) is 8.49. The Balaban J connectivity index is 2.19. The number of nitrogens with zero attached hydrogens (tertiary/aromatic N) is 3. The molecule has 3 rings (SSSR count). The molecule has 0 aromatic carbocycles. The fourth-order valence-corrected chi connectivity index (χ4v) is 2.13. The molecule has 0 amide bonds. The van der Waals surface area contributed by atoms with E-state index in [9.17, 15) is 0 Å². The van der Waals surface area contributed by atoms with Crippen LogP contribution < -0.4 is 0 Å². The molecule has 3 heterocycles. The number of hydrogen-bond acceptors (Lipinski definition) is 4. The Hall–Kier alpha value is -1.81. The van der Waals surface area contributed by atoms with Crippen LogP contribution in [0.25, 0.3) is 21.6 Å². The molecule has 0 aliphatic heterocycles. The van der Waals surface area contributed by atoms with E-state index in [4.69, 9.17) is 0 Å². The van der Waals surface area contributed by atoms with Crippen molar-refractivity contribution in [3.05, 3.63) is 42.2 Å². The van der Waals surface area contributed by atoms with Crippen LogP contribution in [-0.2, 0) is 0 Å². The molecule has 4 heteroatoms. The fraction of sp³-hybridized carbons (Fsp3) is 0. The molecule has 3 aromatic heterocycles. The summed E-state index contributed by atoms with van der Waals surface area (Å²) in [6.45, 7) is 0. The maximum Gasteiger partial charge on any atom is 0.162 e. The molecule has 3 aromatic rings. The highest BCUT2D eigenvalue weighted by atomic mass is 32.1. The number of rotatable bonds is 1. The normalized spacial score (nSPS) is 10.7. The van der Waals surface area contributed by atoms with Crippen molar-refractivity contribution in [2.24, 2.45) is 0 Å². The average molecular weight is 213 g/mol. The molecule has 0 bridgehead atoms. The van der Waals surface area contributed by atoms with Gasteiger partial charge in [-0.1, -0.05) is 0 Å². The third-order valence-electron chi connectivity index (χ3n) is 2.13. The summed E-state index contributed by atoms with van der Waals surface area (Å²) in [4.78, 5) is 13.8. The van der Waals surface area contributed by atoms with Gasteiger partial charge in [-0.15, -0.1) is 11.3 Å². The molecule has 0 saturated carbocycles. The summed E-state index contributed by atoms with van der Waals surface area (Å²) in [5.41, 5.74) is 0.952. The SMILES string of the molecule is c1cncc(-c2ncc3ccsc3n2)c1. The van der Waals surface area contributed by atoms with Crippen LogP contribution >= 0.6 is 11.3 Å². The summed E-state index contributed by atoms with van der Waals surface area (Å²) in [6, 6.07) is 5.87. The van der Waals surface area contributed by atoms with E-state index in [0.29, 0.717) is 0 Å². The van der Waals surface area contributed by atoms with Crippen molar-refractivity contribution in [2.45, 2.75) is 0 Å². The molecule has 0 aliphatic rings. The van der Waals surface area contributed by atoms with Crippen LogP contribution in [0.15, 0.2) is 42.2 Å². The molecular weight excluding hydrogens is 206 g/mol. The van der Waals surface area contributed by atoms with E-state index in [-0.39, 0.29) is 0 Å². The van der Waals surface area contributed by atoms with Gasteiger partial charge in [-0.05, 0) is 23.6 Å². The first-order chi connectivity index (χ1) is 7.43. The van der Waals surface area contributed by atoms with Gasteiger partial charge in [0.25, 0.3) is 0 Å². The van der Waals surface area contributed by atoms with Gasteiger partial charge in [0.1, 0.15) is 4.83 Å². The molecular formula is C11H7N3S. The van der Waals surface area contributed by atoms with Gasteiger partial charge in [0, 0.05) is 29.5 Å². The van der Waals surface area contributed by atoms with Crippen LogP contribution in [0.1, 0.15) is 0 Å². The molecule has 15 heavy (non-hydrogen) atoms. The predicted octanol–water partition coefficient (Wildman–Crippen LogP) is 2.75. The van der Waals surface area contributed by atoms with Gasteiger partial charge in [-0.25, -0.2) is 9.97 Å². The maximum absolute atomic E-state index is 4.47. The number of hydrogen-bond donors (Lipinski definition) is 0. The van der Waals surface area contributed by atoms with Crippen LogP contribution in [0.3, 0.4) is 0 Å². The molecule has 0 aliphatic carbocycles. The quantitative estimate of drug-likeness (QED) is 0.624. The Morgan fingerprint density at radius 2 is 2.13 bits per heavy atom. The van der Waals surface area contributed by atoms with Crippen molar-refractivity contribution in [3.63, 3.8) is 0 Å². The summed E-state index contributed by atoms with van der Waals surface area (Å²) < 4.78 is 0. The predicted molar refractivity (Wildman–Crippen MR) is 60.6 cm³/mol. The van der Waals surface area contributed by atoms with Gasteiger partial charge in [0.2, 0.25) is 0 Å². The zero-order valence-corrected chi connectivity index (χ0v) is 8.61. The van der Waals surface area contributed by atoms with Gasteiger partial charge in [0.15, 0.2) is 5.82 Å².